The number of allylic oxidation sites excluding steroid dienone is 3. The van der Waals surface area contributed by atoms with E-state index in [4.69, 9.17) is 4.74 Å². The molecule has 0 amide bonds. The van der Waals surface area contributed by atoms with Crippen LogP contribution in [0.5, 0.6) is 5.75 Å². The van der Waals surface area contributed by atoms with E-state index in [1.807, 2.05) is 24.3 Å². The lowest BCUT2D eigenvalue weighted by atomic mass is 9.33. The van der Waals surface area contributed by atoms with Gasteiger partial charge in [0.15, 0.2) is 0 Å². The molecule has 0 aromatic heterocycles. The van der Waals surface area contributed by atoms with Crippen LogP contribution in [-0.4, -0.2) is 61.1 Å². The molecule has 5 nitrogen and oxygen atoms in total. The van der Waals surface area contributed by atoms with E-state index in [2.05, 4.69) is 81.4 Å². The summed E-state index contributed by atoms with van der Waals surface area (Å²) >= 11 is 0. The molecular weight excluding hydrogens is 682 g/mol. The van der Waals surface area contributed by atoms with Crippen LogP contribution in [0.2, 0.25) is 0 Å². The molecule has 1 N–H and O–H groups in total. The van der Waals surface area contributed by atoms with E-state index in [1.165, 1.54) is 73.6 Å². The van der Waals surface area contributed by atoms with Crippen LogP contribution in [0.4, 0.5) is 4.39 Å². The average Bonchev–Trinajstić information content (AvgIpc) is 3.54. The predicted molar refractivity (Wildman–Crippen MR) is 222 cm³/mol. The summed E-state index contributed by atoms with van der Waals surface area (Å²) in [5, 5.41) is 4.35. The maximum absolute atomic E-state index is 13.4. The summed E-state index contributed by atoms with van der Waals surface area (Å²) in [5.41, 5.74) is 6.54. The van der Waals surface area contributed by atoms with Crippen molar-refractivity contribution in [2.24, 2.45) is 51.2 Å². The van der Waals surface area contributed by atoms with Gasteiger partial charge in [0, 0.05) is 51.4 Å². The van der Waals surface area contributed by atoms with Crippen LogP contribution in [0.25, 0.3) is 5.57 Å². The van der Waals surface area contributed by atoms with E-state index in [1.54, 1.807) is 12.1 Å². The van der Waals surface area contributed by atoms with Crippen molar-refractivity contribution in [1.29, 1.82) is 0 Å². The Kier molecular flexibility index (Phi) is 10.3. The van der Waals surface area contributed by atoms with Crippen LogP contribution >= 0.6 is 0 Å². The molecule has 8 rings (SSSR count). The summed E-state index contributed by atoms with van der Waals surface area (Å²) in [6.07, 6.45) is 14.3. The minimum Gasteiger partial charge on any atom is -0.429 e. The Balaban J connectivity index is 0.970. The first kappa shape index (κ1) is 39.0. The molecule has 55 heavy (non-hydrogen) atoms. The lowest BCUT2D eigenvalue weighted by Gasteiger charge is -2.72. The highest BCUT2D eigenvalue weighted by Crippen LogP contribution is 2.76. The first-order chi connectivity index (χ1) is 26.2. The SMILES string of the molecule is C=C(C)[C@@H]1CC[C@]2(NCCN3CCN(Cc4ccc(F)cc4)CC3)CC[C@]3(C)[C@H](CC[C@@H]4[C@@]5(C)CC=C(c6ccc(OC=O)cc6)C(C)(C)[C@@H]5CC[C@]43C)[C@@H]12. The molecule has 6 aliphatic rings. The lowest BCUT2D eigenvalue weighted by molar-refractivity contribution is -0.219. The van der Waals surface area contributed by atoms with Gasteiger partial charge < -0.3 is 10.1 Å². The highest BCUT2D eigenvalue weighted by molar-refractivity contribution is 5.72. The van der Waals surface area contributed by atoms with Crippen molar-refractivity contribution >= 4 is 12.0 Å². The Hall–Kier alpha value is -2.80. The van der Waals surface area contributed by atoms with Crippen LogP contribution in [0.3, 0.4) is 0 Å². The monoisotopic (exact) mass is 750 g/mol. The van der Waals surface area contributed by atoms with Gasteiger partial charge in [0.25, 0.3) is 6.47 Å². The number of nitrogens with one attached hydrogen (secondary N) is 1. The van der Waals surface area contributed by atoms with Gasteiger partial charge in [0.05, 0.1) is 0 Å². The minimum atomic E-state index is -0.157. The van der Waals surface area contributed by atoms with Gasteiger partial charge in [-0.2, -0.15) is 0 Å². The molecule has 2 aromatic rings. The second-order valence-electron chi connectivity index (χ2n) is 20.3. The van der Waals surface area contributed by atoms with E-state index >= 15 is 0 Å². The van der Waals surface area contributed by atoms with E-state index in [-0.39, 0.29) is 22.2 Å². The number of hydrogen-bond donors (Lipinski definition) is 1. The number of hydrogen-bond acceptors (Lipinski definition) is 5. The van der Waals surface area contributed by atoms with Crippen LogP contribution < -0.4 is 10.1 Å². The number of carbonyl (C=O) groups is 1. The molecule has 1 saturated heterocycles. The maximum atomic E-state index is 13.4. The Morgan fingerprint density at radius 3 is 2.25 bits per heavy atom. The Morgan fingerprint density at radius 2 is 1.56 bits per heavy atom. The fourth-order valence-electron chi connectivity index (χ4n) is 14.8. The average molecular weight is 750 g/mol. The molecule has 0 spiro atoms. The van der Waals surface area contributed by atoms with Gasteiger partial charge in [-0.25, -0.2) is 4.39 Å². The Morgan fingerprint density at radius 1 is 0.855 bits per heavy atom. The molecule has 1 aliphatic heterocycles. The summed E-state index contributed by atoms with van der Waals surface area (Å²) < 4.78 is 18.5. The molecule has 2 aromatic carbocycles. The van der Waals surface area contributed by atoms with Crippen molar-refractivity contribution in [3.63, 3.8) is 0 Å². The molecule has 1 heterocycles. The number of rotatable bonds is 10. The van der Waals surface area contributed by atoms with Crippen LogP contribution in [0.15, 0.2) is 66.8 Å². The molecule has 9 atom stereocenters. The minimum absolute atomic E-state index is 0.0660. The normalized spacial score (nSPS) is 38.5. The number of carbonyl (C=O) groups excluding carboxylic acids is 1. The zero-order valence-electron chi connectivity index (χ0n) is 34.8. The molecule has 298 valence electrons. The molecular formula is C49H68FN3O2. The van der Waals surface area contributed by atoms with Gasteiger partial charge in [-0.15, -0.1) is 0 Å². The molecule has 5 aliphatic carbocycles. The van der Waals surface area contributed by atoms with Crippen molar-refractivity contribution in [2.45, 2.75) is 111 Å². The summed E-state index contributed by atoms with van der Waals surface area (Å²) in [6.45, 7) is 28.1. The molecule has 4 saturated carbocycles. The third-order valence-corrected chi connectivity index (χ3v) is 17.7. The van der Waals surface area contributed by atoms with Crippen molar-refractivity contribution in [3.8, 4) is 5.75 Å². The smallest absolute Gasteiger partial charge is 0.298 e. The second-order valence-corrected chi connectivity index (χ2v) is 20.3. The standard InChI is InChI=1S/C49H68FN3O2/c1-34(2)39-18-23-49(51-26-27-52-28-30-53(31-29-52)32-35-8-12-37(50)13-9-35)25-24-47(6)41(44(39)49)16-17-43-46(5)21-19-40(36-10-14-38(15-11-36)55-33-54)45(3,4)42(46)20-22-48(43,47)7/h8-15,19,33,39,41-44,51H,1,16-18,20-32H2,2-7H3/t39-,41+,42-,43+,44+,46-,47+,48+,49-/m0/s1. The fraction of sp³-hybridized carbons (Fsp3) is 0.653. The van der Waals surface area contributed by atoms with Crippen molar-refractivity contribution in [2.75, 3.05) is 39.3 Å². The molecule has 0 radical (unpaired) electrons. The molecule has 5 fully saturated rings. The highest BCUT2D eigenvalue weighted by Gasteiger charge is 2.70. The van der Waals surface area contributed by atoms with Crippen molar-refractivity contribution in [1.82, 2.24) is 15.1 Å². The number of halogens is 1. The number of fused-ring (bicyclic) bond motifs is 7. The first-order valence-electron chi connectivity index (χ1n) is 21.8. The van der Waals surface area contributed by atoms with E-state index in [0.717, 1.165) is 58.2 Å². The Bertz CT molecular complexity index is 1760. The van der Waals surface area contributed by atoms with E-state index in [0.29, 0.717) is 46.7 Å². The van der Waals surface area contributed by atoms with Gasteiger partial charge in [-0.05, 0) is 157 Å². The fourth-order valence-corrected chi connectivity index (χ4v) is 14.8. The van der Waals surface area contributed by atoms with Gasteiger partial charge >= 0.3 is 0 Å². The number of ether oxygens (including phenoxy) is 1. The molecule has 0 unspecified atom stereocenters. The van der Waals surface area contributed by atoms with Gasteiger partial charge in [0.2, 0.25) is 0 Å². The largest absolute Gasteiger partial charge is 0.429 e. The quantitative estimate of drug-likeness (QED) is 0.194. The zero-order valence-corrected chi connectivity index (χ0v) is 34.8. The number of nitrogens with zero attached hydrogens (tertiary/aromatic N) is 2. The first-order valence-corrected chi connectivity index (χ1v) is 21.8. The van der Waals surface area contributed by atoms with Crippen molar-refractivity contribution < 1.29 is 13.9 Å². The topological polar surface area (TPSA) is 44.8 Å². The van der Waals surface area contributed by atoms with Crippen molar-refractivity contribution in [3.05, 3.63) is 83.7 Å². The van der Waals surface area contributed by atoms with E-state index < -0.39 is 0 Å². The summed E-state index contributed by atoms with van der Waals surface area (Å²) in [4.78, 5) is 16.1. The molecule has 6 heteroatoms. The third kappa shape index (κ3) is 6.49. The van der Waals surface area contributed by atoms with Gasteiger partial charge in [-0.3, -0.25) is 14.6 Å². The lowest BCUT2D eigenvalue weighted by Crippen LogP contribution is -2.68. The number of benzene rings is 2. The molecule has 0 bridgehead atoms. The summed E-state index contributed by atoms with van der Waals surface area (Å²) in [5.74, 6) is 3.80. The third-order valence-electron chi connectivity index (χ3n) is 17.7. The van der Waals surface area contributed by atoms with Gasteiger partial charge in [0.1, 0.15) is 11.6 Å². The summed E-state index contributed by atoms with van der Waals surface area (Å²) in [7, 11) is 0. The number of piperazine rings is 1. The highest BCUT2D eigenvalue weighted by atomic mass is 19.1. The van der Waals surface area contributed by atoms with E-state index in [9.17, 15) is 9.18 Å². The Labute approximate surface area is 331 Å². The second kappa shape index (κ2) is 14.5. The maximum Gasteiger partial charge on any atom is 0.298 e. The zero-order chi connectivity index (χ0) is 38.8. The van der Waals surface area contributed by atoms with Gasteiger partial charge in [-0.1, -0.05) is 77.1 Å². The summed E-state index contributed by atoms with van der Waals surface area (Å²) in [6, 6.07) is 15.2. The van der Waals surface area contributed by atoms with Crippen LogP contribution in [0, 0.1) is 57.1 Å². The predicted octanol–water partition coefficient (Wildman–Crippen LogP) is 10.2. The van der Waals surface area contributed by atoms with Crippen LogP contribution in [-0.2, 0) is 11.3 Å². The van der Waals surface area contributed by atoms with Crippen LogP contribution in [0.1, 0.15) is 110 Å².